The summed E-state index contributed by atoms with van der Waals surface area (Å²) >= 11 is 0. The summed E-state index contributed by atoms with van der Waals surface area (Å²) in [5.41, 5.74) is 0.730. The Balaban J connectivity index is 2.14. The molecule has 5 nitrogen and oxygen atoms in total. The summed E-state index contributed by atoms with van der Waals surface area (Å²) in [4.78, 5) is 24.5. The van der Waals surface area contributed by atoms with Gasteiger partial charge in [0.1, 0.15) is 19.0 Å². The quantitative estimate of drug-likeness (QED) is 0.758. The van der Waals surface area contributed by atoms with E-state index in [9.17, 15) is 14.0 Å². The van der Waals surface area contributed by atoms with Crippen molar-refractivity contribution in [2.75, 3.05) is 20.3 Å². The second kappa shape index (κ2) is 7.85. The van der Waals surface area contributed by atoms with E-state index < -0.39 is 12.1 Å². The molecule has 0 heterocycles. The Bertz CT molecular complexity index is 642. The van der Waals surface area contributed by atoms with Gasteiger partial charge in [-0.2, -0.15) is 0 Å². The third kappa shape index (κ3) is 4.50. The number of carbonyl (C=O) groups excluding carboxylic acids is 2. The average molecular weight is 350 g/mol. The van der Waals surface area contributed by atoms with Crippen LogP contribution in [0.1, 0.15) is 55.5 Å². The number of alkyl halides is 1. The van der Waals surface area contributed by atoms with E-state index in [2.05, 4.69) is 10.6 Å². The number of benzene rings is 1. The molecule has 0 spiro atoms. The van der Waals surface area contributed by atoms with Crippen molar-refractivity contribution in [2.24, 2.45) is 5.41 Å². The maximum Gasteiger partial charge on any atom is 0.251 e. The molecule has 25 heavy (non-hydrogen) atoms. The average Bonchev–Trinajstić information content (AvgIpc) is 3.43. The molecule has 1 fully saturated rings. The molecule has 2 rings (SSSR count). The highest BCUT2D eigenvalue weighted by molar-refractivity contribution is 5.95. The Morgan fingerprint density at radius 2 is 2.04 bits per heavy atom. The Morgan fingerprint density at radius 1 is 1.36 bits per heavy atom. The van der Waals surface area contributed by atoms with Crippen molar-refractivity contribution in [2.45, 2.75) is 45.6 Å². The van der Waals surface area contributed by atoms with E-state index in [0.29, 0.717) is 17.2 Å². The molecule has 6 heteroatoms. The lowest BCUT2D eigenvalue weighted by atomic mass is 9.84. The van der Waals surface area contributed by atoms with Gasteiger partial charge in [0.25, 0.3) is 5.91 Å². The van der Waals surface area contributed by atoms with Gasteiger partial charge < -0.3 is 15.4 Å². The van der Waals surface area contributed by atoms with Crippen molar-refractivity contribution in [3.63, 3.8) is 0 Å². The van der Waals surface area contributed by atoms with Gasteiger partial charge >= 0.3 is 0 Å². The molecule has 0 bridgehead atoms. The Kier molecular flexibility index (Phi) is 6.03. The molecule has 1 aromatic carbocycles. The van der Waals surface area contributed by atoms with Crippen molar-refractivity contribution < 1.29 is 18.7 Å². The predicted octanol–water partition coefficient (Wildman–Crippen LogP) is 2.80. The molecule has 0 radical (unpaired) electrons. The predicted molar refractivity (Wildman–Crippen MR) is 94.7 cm³/mol. The molecule has 1 aromatic rings. The summed E-state index contributed by atoms with van der Waals surface area (Å²) in [6.07, 6.45) is 2.18. The molecule has 1 saturated carbocycles. The second-order valence-corrected chi connectivity index (χ2v) is 7.06. The fourth-order valence-electron chi connectivity index (χ4n) is 2.66. The minimum Gasteiger partial charge on any atom is -0.491 e. The molecular formula is C19H27FN2O3. The summed E-state index contributed by atoms with van der Waals surface area (Å²) in [6, 6.07) is 4.94. The van der Waals surface area contributed by atoms with Crippen molar-refractivity contribution in [3.8, 4) is 5.75 Å². The Morgan fingerprint density at radius 3 is 2.60 bits per heavy atom. The van der Waals surface area contributed by atoms with E-state index in [1.165, 1.54) is 0 Å². The second-order valence-electron chi connectivity index (χ2n) is 7.06. The van der Waals surface area contributed by atoms with Gasteiger partial charge in [-0.15, -0.1) is 0 Å². The zero-order valence-electron chi connectivity index (χ0n) is 15.3. The van der Waals surface area contributed by atoms with Crippen LogP contribution in [0.5, 0.6) is 5.75 Å². The zero-order valence-corrected chi connectivity index (χ0v) is 15.3. The van der Waals surface area contributed by atoms with Crippen LogP contribution in [0.2, 0.25) is 0 Å². The largest absolute Gasteiger partial charge is 0.491 e. The SMILES string of the molecule is CNC(=O)C(C)(C)[C@H](C)NC(=O)c1ccc(C2CC2)c(OCCF)c1. The molecule has 0 saturated heterocycles. The zero-order chi connectivity index (χ0) is 18.6. The van der Waals surface area contributed by atoms with E-state index >= 15 is 0 Å². The molecule has 0 unspecified atom stereocenters. The summed E-state index contributed by atoms with van der Waals surface area (Å²) in [7, 11) is 1.57. The Labute approximate surface area is 148 Å². The number of carbonyl (C=O) groups is 2. The lowest BCUT2D eigenvalue weighted by molar-refractivity contribution is -0.129. The first kappa shape index (κ1) is 19.2. The molecule has 2 N–H and O–H groups in total. The van der Waals surface area contributed by atoms with E-state index in [4.69, 9.17) is 4.74 Å². The topological polar surface area (TPSA) is 67.4 Å². The van der Waals surface area contributed by atoms with Gasteiger partial charge in [0, 0.05) is 18.7 Å². The number of hydrogen-bond acceptors (Lipinski definition) is 3. The van der Waals surface area contributed by atoms with Crippen LogP contribution in [-0.2, 0) is 4.79 Å². The monoisotopic (exact) mass is 350 g/mol. The first-order valence-corrected chi connectivity index (χ1v) is 8.67. The maximum atomic E-state index is 12.6. The van der Waals surface area contributed by atoms with Crippen LogP contribution in [0.15, 0.2) is 18.2 Å². The van der Waals surface area contributed by atoms with Crippen LogP contribution in [0.4, 0.5) is 4.39 Å². The number of amides is 2. The van der Waals surface area contributed by atoms with Crippen molar-refractivity contribution in [3.05, 3.63) is 29.3 Å². The van der Waals surface area contributed by atoms with Crippen LogP contribution >= 0.6 is 0 Å². The minimum absolute atomic E-state index is 0.0229. The summed E-state index contributed by atoms with van der Waals surface area (Å²) in [5, 5.41) is 5.48. The van der Waals surface area contributed by atoms with Gasteiger partial charge in [0.15, 0.2) is 0 Å². The summed E-state index contributed by atoms with van der Waals surface area (Å²) in [6.45, 7) is 4.76. The van der Waals surface area contributed by atoms with Crippen LogP contribution in [0.3, 0.4) is 0 Å². The number of nitrogens with one attached hydrogen (secondary N) is 2. The standard InChI is InChI=1S/C19H27FN2O3/c1-12(19(2,3)18(24)21-4)22-17(23)14-7-8-15(13-5-6-13)16(11-14)25-10-9-20/h7-8,11-13H,5-6,9-10H2,1-4H3,(H,21,24)(H,22,23)/t12-/m0/s1. The van der Waals surface area contributed by atoms with E-state index in [0.717, 1.165) is 18.4 Å². The normalized spacial score (nSPS) is 15.4. The highest BCUT2D eigenvalue weighted by atomic mass is 19.1. The van der Waals surface area contributed by atoms with Crippen molar-refractivity contribution in [1.82, 2.24) is 10.6 Å². The van der Waals surface area contributed by atoms with Crippen LogP contribution < -0.4 is 15.4 Å². The fourth-order valence-corrected chi connectivity index (χ4v) is 2.66. The molecule has 0 aliphatic heterocycles. The highest BCUT2D eigenvalue weighted by Gasteiger charge is 2.34. The lowest BCUT2D eigenvalue weighted by Gasteiger charge is -2.30. The molecular weight excluding hydrogens is 323 g/mol. The van der Waals surface area contributed by atoms with Gasteiger partial charge in [0.2, 0.25) is 5.91 Å². The van der Waals surface area contributed by atoms with Crippen molar-refractivity contribution >= 4 is 11.8 Å². The van der Waals surface area contributed by atoms with E-state index in [1.807, 2.05) is 6.07 Å². The minimum atomic E-state index is -0.744. The van der Waals surface area contributed by atoms with Gasteiger partial charge in [-0.25, -0.2) is 4.39 Å². The van der Waals surface area contributed by atoms with Gasteiger partial charge in [-0.05, 0) is 57.2 Å². The number of ether oxygens (including phenoxy) is 1. The number of hydrogen-bond donors (Lipinski definition) is 2. The van der Waals surface area contributed by atoms with Crippen LogP contribution in [-0.4, -0.2) is 38.2 Å². The van der Waals surface area contributed by atoms with E-state index in [1.54, 1.807) is 40.0 Å². The van der Waals surface area contributed by atoms with Crippen LogP contribution in [0, 0.1) is 5.41 Å². The van der Waals surface area contributed by atoms with Gasteiger partial charge in [-0.1, -0.05) is 6.07 Å². The van der Waals surface area contributed by atoms with E-state index in [-0.39, 0.29) is 24.5 Å². The highest BCUT2D eigenvalue weighted by Crippen LogP contribution is 2.44. The molecule has 1 aliphatic carbocycles. The first-order valence-electron chi connectivity index (χ1n) is 8.67. The molecule has 2 amide bonds. The third-order valence-electron chi connectivity index (χ3n) is 4.87. The molecule has 138 valence electrons. The van der Waals surface area contributed by atoms with Gasteiger partial charge in [0.05, 0.1) is 5.41 Å². The number of halogens is 1. The maximum absolute atomic E-state index is 12.6. The smallest absolute Gasteiger partial charge is 0.251 e. The third-order valence-corrected chi connectivity index (χ3v) is 4.87. The molecule has 1 atom stereocenters. The number of rotatable bonds is 8. The first-order chi connectivity index (χ1) is 11.8. The van der Waals surface area contributed by atoms with Crippen LogP contribution in [0.25, 0.3) is 0 Å². The summed E-state index contributed by atoms with van der Waals surface area (Å²) in [5.74, 6) is 0.595. The Hall–Kier alpha value is -2.11. The van der Waals surface area contributed by atoms with Gasteiger partial charge in [-0.3, -0.25) is 9.59 Å². The van der Waals surface area contributed by atoms with Crippen molar-refractivity contribution in [1.29, 1.82) is 0 Å². The lowest BCUT2D eigenvalue weighted by Crippen LogP contribution is -2.50. The summed E-state index contributed by atoms with van der Waals surface area (Å²) < 4.78 is 17.9. The molecule has 0 aromatic heterocycles. The fraction of sp³-hybridized carbons (Fsp3) is 0.579. The molecule has 1 aliphatic rings.